The average molecular weight is 634 g/mol. The van der Waals surface area contributed by atoms with E-state index in [1.807, 2.05) is 29.8 Å². The Kier molecular flexibility index (Phi) is 6.71. The lowest BCUT2D eigenvalue weighted by molar-refractivity contribution is 0.661. The summed E-state index contributed by atoms with van der Waals surface area (Å²) in [4.78, 5) is 4.46. The predicted molar refractivity (Wildman–Crippen MR) is 207 cm³/mol. The molecule has 0 spiro atoms. The van der Waals surface area contributed by atoms with Crippen molar-refractivity contribution in [2.24, 2.45) is 0 Å². The monoisotopic (exact) mass is 633 g/mol. The van der Waals surface area contributed by atoms with Gasteiger partial charge < -0.3 is 0 Å². The Hall–Kier alpha value is -5.31. The van der Waals surface area contributed by atoms with Crippen LogP contribution in [0.15, 0.2) is 140 Å². The molecule has 9 rings (SSSR count). The van der Waals surface area contributed by atoms with Crippen LogP contribution in [0.25, 0.3) is 64.8 Å². The van der Waals surface area contributed by atoms with Gasteiger partial charge in [0.1, 0.15) is 0 Å². The Morgan fingerprint density at radius 2 is 1.46 bits per heavy atom. The van der Waals surface area contributed by atoms with E-state index in [1.54, 1.807) is 0 Å². The molecule has 2 aromatic heterocycles. The first-order chi connectivity index (χ1) is 23.5. The third-order valence-electron chi connectivity index (χ3n) is 10.3. The van der Waals surface area contributed by atoms with Gasteiger partial charge in [0, 0.05) is 43.5 Å². The first-order valence-electron chi connectivity index (χ1n) is 16.7. The van der Waals surface area contributed by atoms with Gasteiger partial charge in [-0.3, -0.25) is 4.98 Å². The quantitative estimate of drug-likeness (QED) is 0.172. The number of hydrogen-bond donors (Lipinski definition) is 0. The van der Waals surface area contributed by atoms with Crippen LogP contribution < -0.4 is 0 Å². The lowest BCUT2D eigenvalue weighted by Gasteiger charge is -2.23. The maximum atomic E-state index is 4.46. The number of pyridine rings is 1. The second-order valence-corrected chi connectivity index (χ2v) is 14.8. The van der Waals surface area contributed by atoms with E-state index in [9.17, 15) is 0 Å². The average Bonchev–Trinajstić information content (AvgIpc) is 3.61. The minimum atomic E-state index is -0.157. The summed E-state index contributed by atoms with van der Waals surface area (Å²) in [5, 5.41) is 5.28. The van der Waals surface area contributed by atoms with Gasteiger partial charge in [-0.15, -0.1) is 11.3 Å². The Labute approximate surface area is 285 Å². The van der Waals surface area contributed by atoms with Gasteiger partial charge in [0.15, 0.2) is 0 Å². The van der Waals surface area contributed by atoms with Gasteiger partial charge in [-0.2, -0.15) is 0 Å². The smallest absolute Gasteiger partial charge is 0.0361 e. The number of allylic oxidation sites excluding steroid dienone is 1. The molecule has 8 aromatic rings. The molecule has 48 heavy (non-hydrogen) atoms. The van der Waals surface area contributed by atoms with E-state index in [1.165, 1.54) is 86.6 Å². The first kappa shape index (κ1) is 28.9. The number of thiophene rings is 1. The highest BCUT2D eigenvalue weighted by atomic mass is 32.1. The normalized spacial score (nSPS) is 13.7. The van der Waals surface area contributed by atoms with Crippen LogP contribution in [0.1, 0.15) is 47.2 Å². The van der Waals surface area contributed by atoms with Crippen molar-refractivity contribution in [2.75, 3.05) is 0 Å². The van der Waals surface area contributed by atoms with Crippen molar-refractivity contribution < 1.29 is 0 Å². The fourth-order valence-electron chi connectivity index (χ4n) is 7.84. The highest BCUT2D eigenvalue weighted by molar-refractivity contribution is 7.25. The molecule has 0 atom stereocenters. The van der Waals surface area contributed by atoms with Crippen molar-refractivity contribution in [1.82, 2.24) is 4.98 Å². The lowest BCUT2D eigenvalue weighted by Crippen LogP contribution is -2.15. The van der Waals surface area contributed by atoms with Gasteiger partial charge >= 0.3 is 0 Å². The standard InChI is InChI=1S/C46H35NS/c1-29-17-19-30(20-18-29)24-33(34-14-8-16-43-45(34)38-13-6-7-15-42(38)48-43)25-31-21-22-37-40(26-31)46(2,3)41-27-39(32-10-9-23-47-28-32)35-11-4-5-12-36(35)44(37)41/h4-23,25-28H,24H2,1-3H3/b33-25-. The Balaban J connectivity index is 1.23. The highest BCUT2D eigenvalue weighted by Crippen LogP contribution is 2.53. The zero-order chi connectivity index (χ0) is 32.4. The van der Waals surface area contributed by atoms with Crippen LogP contribution >= 0.6 is 11.3 Å². The van der Waals surface area contributed by atoms with E-state index >= 15 is 0 Å². The maximum Gasteiger partial charge on any atom is 0.0361 e. The zero-order valence-electron chi connectivity index (χ0n) is 27.4. The molecule has 0 fully saturated rings. The number of aromatic nitrogens is 1. The molecule has 1 aliphatic rings. The molecule has 2 heteroatoms. The number of fused-ring (bicyclic) bond motifs is 8. The summed E-state index contributed by atoms with van der Waals surface area (Å²) in [6.45, 7) is 6.93. The van der Waals surface area contributed by atoms with Crippen molar-refractivity contribution >= 4 is 53.9 Å². The fourth-order valence-corrected chi connectivity index (χ4v) is 8.98. The molecule has 0 N–H and O–H groups in total. The van der Waals surface area contributed by atoms with Crippen molar-refractivity contribution in [1.29, 1.82) is 0 Å². The molecule has 1 nitrogen and oxygen atoms in total. The fraction of sp³-hybridized carbons (Fsp3) is 0.109. The summed E-state index contributed by atoms with van der Waals surface area (Å²) in [6.07, 6.45) is 7.14. The molecule has 1 aliphatic carbocycles. The maximum absolute atomic E-state index is 4.46. The summed E-state index contributed by atoms with van der Waals surface area (Å²) in [6, 6.07) is 47.3. The van der Waals surface area contributed by atoms with Gasteiger partial charge in [-0.05, 0) is 98.5 Å². The number of benzene rings is 6. The van der Waals surface area contributed by atoms with Gasteiger partial charge in [0.05, 0.1) is 0 Å². The zero-order valence-corrected chi connectivity index (χ0v) is 28.2. The SMILES string of the molecule is Cc1ccc(C/C(=C/c2ccc3c(c2)C(C)(C)c2cc(-c4cccnc4)c4ccccc4c2-3)c2cccc3sc4ccccc4c23)cc1. The minimum absolute atomic E-state index is 0.157. The van der Waals surface area contributed by atoms with E-state index < -0.39 is 0 Å². The van der Waals surface area contributed by atoms with Gasteiger partial charge in [0.25, 0.3) is 0 Å². The van der Waals surface area contributed by atoms with Crippen molar-refractivity contribution in [3.63, 3.8) is 0 Å². The molecule has 0 bridgehead atoms. The summed E-state index contributed by atoms with van der Waals surface area (Å²) in [7, 11) is 0. The highest BCUT2D eigenvalue weighted by Gasteiger charge is 2.37. The third-order valence-corrected chi connectivity index (χ3v) is 11.4. The van der Waals surface area contributed by atoms with Gasteiger partial charge in [-0.25, -0.2) is 0 Å². The molecule has 0 radical (unpaired) electrons. The van der Waals surface area contributed by atoms with Crippen LogP contribution in [0.2, 0.25) is 0 Å². The first-order valence-corrected chi connectivity index (χ1v) is 17.6. The number of nitrogens with zero attached hydrogens (tertiary/aromatic N) is 1. The third kappa shape index (κ3) is 4.63. The number of hydrogen-bond acceptors (Lipinski definition) is 2. The lowest BCUT2D eigenvalue weighted by atomic mass is 9.80. The topological polar surface area (TPSA) is 12.9 Å². The van der Waals surface area contributed by atoms with Crippen LogP contribution in [0.4, 0.5) is 0 Å². The van der Waals surface area contributed by atoms with E-state index in [0.29, 0.717) is 0 Å². The van der Waals surface area contributed by atoms with Crippen LogP contribution in [-0.2, 0) is 11.8 Å². The molecule has 0 saturated carbocycles. The molecule has 0 amide bonds. The van der Waals surface area contributed by atoms with E-state index in [-0.39, 0.29) is 5.41 Å². The van der Waals surface area contributed by atoms with Crippen LogP contribution in [0.3, 0.4) is 0 Å². The van der Waals surface area contributed by atoms with Crippen LogP contribution in [0, 0.1) is 6.92 Å². The van der Waals surface area contributed by atoms with Gasteiger partial charge in [0.2, 0.25) is 0 Å². The van der Waals surface area contributed by atoms with E-state index in [2.05, 4.69) is 153 Å². The summed E-state index contributed by atoms with van der Waals surface area (Å²) >= 11 is 1.89. The Morgan fingerprint density at radius 3 is 2.27 bits per heavy atom. The number of rotatable bonds is 5. The Bertz CT molecular complexity index is 2550. The molecule has 2 heterocycles. The molecular weight excluding hydrogens is 599 g/mol. The number of aryl methyl sites for hydroxylation is 1. The largest absolute Gasteiger partial charge is 0.264 e. The Morgan fingerprint density at radius 1 is 0.688 bits per heavy atom. The predicted octanol–water partition coefficient (Wildman–Crippen LogP) is 12.7. The summed E-state index contributed by atoms with van der Waals surface area (Å²) < 4.78 is 2.68. The molecule has 6 aromatic carbocycles. The second kappa shape index (κ2) is 11.1. The van der Waals surface area contributed by atoms with Crippen molar-refractivity contribution in [3.8, 4) is 22.3 Å². The summed E-state index contributed by atoms with van der Waals surface area (Å²) in [5.74, 6) is 0. The van der Waals surface area contributed by atoms with Crippen molar-refractivity contribution in [3.05, 3.63) is 173 Å². The molecule has 0 unspecified atom stereocenters. The minimum Gasteiger partial charge on any atom is -0.264 e. The molecule has 0 saturated heterocycles. The van der Waals surface area contributed by atoms with E-state index in [4.69, 9.17) is 0 Å². The van der Waals surface area contributed by atoms with Crippen LogP contribution in [-0.4, -0.2) is 4.98 Å². The van der Waals surface area contributed by atoms with Gasteiger partial charge in [-0.1, -0.05) is 129 Å². The second-order valence-electron chi connectivity index (χ2n) is 13.7. The summed E-state index contributed by atoms with van der Waals surface area (Å²) in [5.41, 5.74) is 14.2. The van der Waals surface area contributed by atoms with E-state index in [0.717, 1.165) is 12.0 Å². The van der Waals surface area contributed by atoms with Crippen LogP contribution in [0.5, 0.6) is 0 Å². The molecular formula is C46H35NS. The molecule has 230 valence electrons. The molecule has 0 aliphatic heterocycles. The van der Waals surface area contributed by atoms with Crippen molar-refractivity contribution in [2.45, 2.75) is 32.6 Å².